The van der Waals surface area contributed by atoms with Crippen molar-refractivity contribution in [3.63, 3.8) is 0 Å². The van der Waals surface area contributed by atoms with Crippen LogP contribution in [0.1, 0.15) is 16.8 Å². The molecule has 0 saturated carbocycles. The van der Waals surface area contributed by atoms with Crippen molar-refractivity contribution in [1.82, 2.24) is 14.5 Å². The van der Waals surface area contributed by atoms with Crippen LogP contribution in [0.15, 0.2) is 54.7 Å². The Bertz CT molecular complexity index is 1400. The molecule has 0 atom stereocenters. The number of aromatic nitrogens is 3. The van der Waals surface area contributed by atoms with E-state index in [1.807, 2.05) is 60.5 Å². The van der Waals surface area contributed by atoms with Crippen LogP contribution in [0.2, 0.25) is 0 Å². The number of hydrogen-bond acceptors (Lipinski definition) is 5. The second kappa shape index (κ2) is 13.1. The molecule has 0 saturated heterocycles. The first-order chi connectivity index (χ1) is 18.4. The highest BCUT2D eigenvalue weighted by molar-refractivity contribution is 7.98. The van der Waals surface area contributed by atoms with Gasteiger partial charge in [0, 0.05) is 67.2 Å². The number of halogens is 2. The van der Waals surface area contributed by atoms with Gasteiger partial charge in [-0.15, -0.1) is 23.2 Å². The van der Waals surface area contributed by atoms with Gasteiger partial charge in [0.05, 0.1) is 22.4 Å². The molecule has 2 aromatic heterocycles. The number of benzene rings is 2. The van der Waals surface area contributed by atoms with E-state index in [1.165, 1.54) is 0 Å². The molecule has 2 amide bonds. The van der Waals surface area contributed by atoms with Crippen molar-refractivity contribution in [1.29, 1.82) is 0 Å². The molecule has 0 fully saturated rings. The number of rotatable bonds is 12. The summed E-state index contributed by atoms with van der Waals surface area (Å²) < 4.78 is 1.90. The number of aryl methyl sites for hydroxylation is 1. The predicted octanol–water partition coefficient (Wildman–Crippen LogP) is 5.80. The van der Waals surface area contributed by atoms with E-state index in [2.05, 4.69) is 20.5 Å². The maximum absolute atomic E-state index is 13.0. The molecule has 0 bridgehead atoms. The number of carbonyl (C=O) groups is 2. The Morgan fingerprint density at radius 1 is 1.03 bits per heavy atom. The van der Waals surface area contributed by atoms with Crippen molar-refractivity contribution in [2.45, 2.75) is 6.42 Å². The van der Waals surface area contributed by atoms with Gasteiger partial charge in [-0.2, -0.15) is 11.8 Å². The molecule has 8 nitrogen and oxygen atoms in total. The number of aromatic amines is 1. The Labute approximate surface area is 236 Å². The first-order valence-electron chi connectivity index (χ1n) is 12.2. The summed E-state index contributed by atoms with van der Waals surface area (Å²) in [6.07, 6.45) is 4.30. The van der Waals surface area contributed by atoms with Crippen molar-refractivity contribution in [3.8, 4) is 11.5 Å². The highest BCUT2D eigenvalue weighted by Crippen LogP contribution is 2.26. The van der Waals surface area contributed by atoms with Crippen molar-refractivity contribution < 1.29 is 9.59 Å². The summed E-state index contributed by atoms with van der Waals surface area (Å²) >= 11 is 13.4. The predicted molar refractivity (Wildman–Crippen MR) is 160 cm³/mol. The number of fused-ring (bicyclic) bond motifs is 1. The highest BCUT2D eigenvalue weighted by atomic mass is 35.5. The third-order valence-electron chi connectivity index (χ3n) is 6.01. The van der Waals surface area contributed by atoms with Crippen LogP contribution < -0.4 is 15.5 Å². The second-order valence-corrected chi connectivity index (χ2v) is 10.4. The fourth-order valence-corrected chi connectivity index (χ4v) is 4.89. The summed E-state index contributed by atoms with van der Waals surface area (Å²) in [5.74, 6) is 2.20. The first kappa shape index (κ1) is 27.9. The van der Waals surface area contributed by atoms with Crippen molar-refractivity contribution >= 4 is 74.9 Å². The number of hydrogen-bond donors (Lipinski definition) is 3. The van der Waals surface area contributed by atoms with Gasteiger partial charge in [0.2, 0.25) is 5.91 Å². The lowest BCUT2D eigenvalue weighted by atomic mass is 10.2. The van der Waals surface area contributed by atoms with E-state index in [0.717, 1.165) is 22.7 Å². The molecular formula is C27H30Cl2N6O2S. The van der Waals surface area contributed by atoms with Crippen LogP contribution in [-0.4, -0.2) is 63.2 Å². The van der Waals surface area contributed by atoms with Crippen molar-refractivity contribution in [2.24, 2.45) is 7.05 Å². The first-order valence-corrected chi connectivity index (χ1v) is 14.6. The van der Waals surface area contributed by atoms with Crippen molar-refractivity contribution in [2.75, 3.05) is 52.4 Å². The van der Waals surface area contributed by atoms with E-state index in [9.17, 15) is 9.59 Å². The summed E-state index contributed by atoms with van der Waals surface area (Å²) in [4.78, 5) is 35.2. The molecule has 0 aliphatic heterocycles. The van der Waals surface area contributed by atoms with Crippen LogP contribution in [0.5, 0.6) is 0 Å². The van der Waals surface area contributed by atoms with Crippen LogP contribution in [-0.2, 0) is 11.8 Å². The number of carbonyl (C=O) groups excluding carboxylic acids is 2. The van der Waals surface area contributed by atoms with E-state index >= 15 is 0 Å². The SMILES string of the molecule is CSCCC(=O)Nc1cc(-c2nc3cc(C(=O)Nc4ccc(N(CCCl)CCCl)cc4)ccc3[nH]2)n(C)c1. The monoisotopic (exact) mass is 572 g/mol. The van der Waals surface area contributed by atoms with Gasteiger partial charge in [-0.05, 0) is 54.8 Å². The van der Waals surface area contributed by atoms with Crippen LogP contribution in [0.3, 0.4) is 0 Å². The second-order valence-electron chi connectivity index (χ2n) is 8.70. The number of nitrogens with zero attached hydrogens (tertiary/aromatic N) is 3. The zero-order valence-electron chi connectivity index (χ0n) is 21.3. The van der Waals surface area contributed by atoms with E-state index in [-0.39, 0.29) is 11.8 Å². The van der Waals surface area contributed by atoms with Gasteiger partial charge in [-0.1, -0.05) is 0 Å². The summed E-state index contributed by atoms with van der Waals surface area (Å²) in [6.45, 7) is 1.39. The van der Waals surface area contributed by atoms with Gasteiger partial charge in [0.25, 0.3) is 5.91 Å². The minimum Gasteiger partial charge on any atom is -0.369 e. The Morgan fingerprint density at radius 3 is 2.45 bits per heavy atom. The van der Waals surface area contributed by atoms with Crippen LogP contribution in [0.4, 0.5) is 17.1 Å². The fraction of sp³-hybridized carbons (Fsp3) is 0.296. The van der Waals surface area contributed by atoms with E-state index in [0.29, 0.717) is 59.5 Å². The van der Waals surface area contributed by atoms with Gasteiger partial charge in [0.1, 0.15) is 0 Å². The average molecular weight is 574 g/mol. The average Bonchev–Trinajstić information content (AvgIpc) is 3.49. The van der Waals surface area contributed by atoms with E-state index in [1.54, 1.807) is 23.9 Å². The summed E-state index contributed by atoms with van der Waals surface area (Å²) in [5, 5.41) is 5.87. The number of anilines is 3. The molecule has 200 valence electrons. The maximum atomic E-state index is 13.0. The zero-order chi connectivity index (χ0) is 27.1. The summed E-state index contributed by atoms with van der Waals surface area (Å²) in [6, 6.07) is 14.9. The van der Waals surface area contributed by atoms with E-state index < -0.39 is 0 Å². The minimum atomic E-state index is -0.225. The molecule has 3 N–H and O–H groups in total. The van der Waals surface area contributed by atoms with Crippen molar-refractivity contribution in [3.05, 3.63) is 60.3 Å². The van der Waals surface area contributed by atoms with Crippen LogP contribution >= 0.6 is 35.0 Å². The van der Waals surface area contributed by atoms with Crippen LogP contribution in [0, 0.1) is 0 Å². The molecule has 4 aromatic rings. The van der Waals surface area contributed by atoms with E-state index in [4.69, 9.17) is 28.2 Å². The third kappa shape index (κ3) is 6.83. The van der Waals surface area contributed by atoms with Gasteiger partial charge in [0.15, 0.2) is 5.82 Å². The Kier molecular flexibility index (Phi) is 9.60. The lowest BCUT2D eigenvalue weighted by molar-refractivity contribution is -0.115. The summed E-state index contributed by atoms with van der Waals surface area (Å²) in [5.41, 5.74) is 5.21. The van der Waals surface area contributed by atoms with Gasteiger partial charge >= 0.3 is 0 Å². The topological polar surface area (TPSA) is 95.1 Å². The molecule has 0 aliphatic rings. The number of amides is 2. The lowest BCUT2D eigenvalue weighted by Crippen LogP contribution is -2.27. The number of thioether (sulfide) groups is 1. The molecule has 2 aromatic carbocycles. The van der Waals surface area contributed by atoms with Gasteiger partial charge in [-0.3, -0.25) is 9.59 Å². The smallest absolute Gasteiger partial charge is 0.255 e. The molecule has 4 rings (SSSR count). The van der Waals surface area contributed by atoms with Gasteiger partial charge < -0.3 is 25.1 Å². The number of nitrogens with one attached hydrogen (secondary N) is 3. The fourth-order valence-electron chi connectivity index (χ4n) is 4.09. The zero-order valence-corrected chi connectivity index (χ0v) is 23.6. The molecule has 0 aliphatic carbocycles. The molecular weight excluding hydrogens is 543 g/mol. The number of H-pyrrole nitrogens is 1. The normalized spacial score (nSPS) is 11.1. The molecule has 0 radical (unpaired) electrons. The Hall–Kier alpha value is -3.14. The quantitative estimate of drug-likeness (QED) is 0.186. The number of alkyl halides is 2. The number of imidazole rings is 1. The highest BCUT2D eigenvalue weighted by Gasteiger charge is 2.14. The standard InChI is InChI=1S/C27H30Cl2N6O2S/c1-34-17-20(30-25(36)9-14-38-2)16-24(34)26-32-22-8-3-18(15-23(22)33-26)27(37)31-19-4-6-21(7-5-19)35(12-10-28)13-11-29/h3-8,15-17H,9-14H2,1-2H3,(H,30,36)(H,31,37)(H,32,33). The molecule has 0 spiro atoms. The Morgan fingerprint density at radius 2 is 1.76 bits per heavy atom. The molecule has 0 unspecified atom stereocenters. The lowest BCUT2D eigenvalue weighted by Gasteiger charge is -2.23. The Balaban J connectivity index is 1.46. The van der Waals surface area contributed by atoms with Crippen LogP contribution in [0.25, 0.3) is 22.6 Å². The van der Waals surface area contributed by atoms with Gasteiger partial charge in [-0.25, -0.2) is 4.98 Å². The molecule has 38 heavy (non-hydrogen) atoms. The minimum absolute atomic E-state index is 0.0192. The molecule has 11 heteroatoms. The third-order valence-corrected chi connectivity index (χ3v) is 6.96. The summed E-state index contributed by atoms with van der Waals surface area (Å²) in [7, 11) is 1.90. The maximum Gasteiger partial charge on any atom is 0.255 e. The largest absolute Gasteiger partial charge is 0.369 e. The molecule has 2 heterocycles.